The molecule has 5 rings (SSSR count). The lowest BCUT2D eigenvalue weighted by atomic mass is 9.93. The van der Waals surface area contributed by atoms with Gasteiger partial charge in [-0.15, -0.1) is 0 Å². The third kappa shape index (κ3) is 7.11. The van der Waals surface area contributed by atoms with E-state index in [-0.39, 0.29) is 18.2 Å². The minimum absolute atomic E-state index is 0.114. The number of ketones is 1. The SMILES string of the molecule is CCOC(=O)C(c1ccccn1)N1CCN(c2ccc(CC(=O)c3ccccc3-c3ccc(C(F)(F)F)cc3)cc2)CC1. The molecule has 6 nitrogen and oxygen atoms in total. The Morgan fingerprint density at radius 2 is 1.53 bits per heavy atom. The molecular weight excluding hydrogens is 555 g/mol. The second-order valence-corrected chi connectivity index (χ2v) is 10.3. The molecule has 1 aliphatic rings. The molecule has 1 unspecified atom stereocenters. The van der Waals surface area contributed by atoms with Crippen molar-refractivity contribution < 1.29 is 27.5 Å². The summed E-state index contributed by atoms with van der Waals surface area (Å²) in [5.41, 5.74) is 3.42. The molecule has 1 atom stereocenters. The van der Waals surface area contributed by atoms with Crippen molar-refractivity contribution in [1.29, 1.82) is 0 Å². The van der Waals surface area contributed by atoms with Crippen molar-refractivity contribution in [2.75, 3.05) is 37.7 Å². The molecule has 222 valence electrons. The molecule has 0 radical (unpaired) electrons. The van der Waals surface area contributed by atoms with Gasteiger partial charge in [0.25, 0.3) is 0 Å². The Labute approximate surface area is 248 Å². The molecule has 0 bridgehead atoms. The molecule has 4 aromatic rings. The van der Waals surface area contributed by atoms with Crippen LogP contribution in [0.25, 0.3) is 11.1 Å². The number of hydrogen-bond acceptors (Lipinski definition) is 6. The van der Waals surface area contributed by atoms with Gasteiger partial charge in [0.05, 0.1) is 17.9 Å². The number of alkyl halides is 3. The van der Waals surface area contributed by atoms with Crippen LogP contribution in [0.2, 0.25) is 0 Å². The summed E-state index contributed by atoms with van der Waals surface area (Å²) >= 11 is 0. The molecule has 0 aliphatic carbocycles. The van der Waals surface area contributed by atoms with Crippen molar-refractivity contribution in [3.8, 4) is 11.1 Å². The maximum Gasteiger partial charge on any atom is 0.416 e. The Balaban J connectivity index is 1.23. The molecule has 1 fully saturated rings. The molecule has 1 saturated heterocycles. The summed E-state index contributed by atoms with van der Waals surface area (Å²) in [6.45, 7) is 4.82. The van der Waals surface area contributed by atoms with Crippen LogP contribution in [0.5, 0.6) is 0 Å². The molecule has 1 aliphatic heterocycles. The van der Waals surface area contributed by atoms with Gasteiger partial charge in [0.1, 0.15) is 0 Å². The zero-order chi connectivity index (χ0) is 30.4. The summed E-state index contributed by atoms with van der Waals surface area (Å²) in [5.74, 6) is -0.417. The highest BCUT2D eigenvalue weighted by molar-refractivity contribution is 6.03. The Morgan fingerprint density at radius 1 is 0.860 bits per heavy atom. The van der Waals surface area contributed by atoms with Gasteiger partial charge in [-0.2, -0.15) is 13.2 Å². The highest BCUT2D eigenvalue weighted by atomic mass is 19.4. The monoisotopic (exact) mass is 587 g/mol. The zero-order valence-electron chi connectivity index (χ0n) is 23.8. The standard InChI is InChI=1S/C34H32F3N3O3/c1-2-43-33(42)32(30-9-5-6-18-38-30)40-21-19-39(20-22-40)27-16-10-24(11-17-27)23-31(41)29-8-4-3-7-28(29)25-12-14-26(15-13-25)34(35,36)37/h3-18,32H,2,19-23H2,1H3. The molecule has 0 saturated carbocycles. The number of esters is 1. The van der Waals surface area contributed by atoms with Gasteiger partial charge >= 0.3 is 12.1 Å². The number of carbonyl (C=O) groups excluding carboxylic acids is 2. The van der Waals surface area contributed by atoms with Gasteiger partial charge in [-0.3, -0.25) is 14.7 Å². The van der Waals surface area contributed by atoms with E-state index >= 15 is 0 Å². The van der Waals surface area contributed by atoms with Crippen LogP contribution < -0.4 is 4.90 Å². The number of halogens is 3. The van der Waals surface area contributed by atoms with E-state index in [4.69, 9.17) is 4.74 Å². The smallest absolute Gasteiger partial charge is 0.416 e. The van der Waals surface area contributed by atoms with E-state index in [1.165, 1.54) is 12.1 Å². The minimum atomic E-state index is -4.42. The fraction of sp³-hybridized carbons (Fsp3) is 0.265. The van der Waals surface area contributed by atoms with E-state index in [0.29, 0.717) is 55.2 Å². The van der Waals surface area contributed by atoms with Crippen molar-refractivity contribution in [3.05, 3.63) is 120 Å². The van der Waals surface area contributed by atoms with Crippen molar-refractivity contribution in [1.82, 2.24) is 9.88 Å². The first kappa shape index (κ1) is 30.0. The van der Waals surface area contributed by atoms with Gasteiger partial charge < -0.3 is 9.64 Å². The van der Waals surface area contributed by atoms with Crippen LogP contribution in [0.15, 0.2) is 97.2 Å². The molecule has 9 heteroatoms. The summed E-state index contributed by atoms with van der Waals surface area (Å²) in [6.07, 6.45) is -2.58. The third-order valence-electron chi connectivity index (χ3n) is 7.57. The molecule has 3 aromatic carbocycles. The zero-order valence-corrected chi connectivity index (χ0v) is 23.8. The number of benzene rings is 3. The minimum Gasteiger partial charge on any atom is -0.465 e. The second-order valence-electron chi connectivity index (χ2n) is 10.3. The molecule has 0 spiro atoms. The van der Waals surface area contributed by atoms with Gasteiger partial charge in [-0.05, 0) is 60.0 Å². The molecule has 0 N–H and O–H groups in total. The predicted molar refractivity (Wildman–Crippen MR) is 159 cm³/mol. The van der Waals surface area contributed by atoms with E-state index < -0.39 is 17.8 Å². The van der Waals surface area contributed by atoms with Crippen LogP contribution in [-0.4, -0.2) is 54.4 Å². The van der Waals surface area contributed by atoms with E-state index in [0.717, 1.165) is 23.4 Å². The van der Waals surface area contributed by atoms with Crippen molar-refractivity contribution in [2.45, 2.75) is 25.6 Å². The number of carbonyl (C=O) groups is 2. The number of anilines is 1. The molecule has 2 heterocycles. The van der Waals surface area contributed by atoms with E-state index in [1.54, 1.807) is 37.4 Å². The number of rotatable bonds is 9. The average molecular weight is 588 g/mol. The highest BCUT2D eigenvalue weighted by Gasteiger charge is 2.33. The average Bonchev–Trinajstić information content (AvgIpc) is 3.02. The fourth-order valence-electron chi connectivity index (χ4n) is 5.38. The molecule has 1 aromatic heterocycles. The van der Waals surface area contributed by atoms with Crippen LogP contribution in [0.3, 0.4) is 0 Å². The van der Waals surface area contributed by atoms with Crippen LogP contribution in [-0.2, 0) is 22.1 Å². The highest BCUT2D eigenvalue weighted by Crippen LogP contribution is 2.32. The van der Waals surface area contributed by atoms with Crippen molar-refractivity contribution in [2.24, 2.45) is 0 Å². The quantitative estimate of drug-likeness (QED) is 0.162. The van der Waals surface area contributed by atoms with Crippen LogP contribution in [0.1, 0.15) is 40.1 Å². The third-order valence-corrected chi connectivity index (χ3v) is 7.57. The number of piperazine rings is 1. The Morgan fingerprint density at radius 3 is 2.16 bits per heavy atom. The Bertz CT molecular complexity index is 1530. The summed E-state index contributed by atoms with van der Waals surface area (Å²) in [4.78, 5) is 34.8. The number of nitrogens with zero attached hydrogens (tertiary/aromatic N) is 3. The first-order valence-corrected chi connectivity index (χ1v) is 14.2. The number of ether oxygens (including phenoxy) is 1. The topological polar surface area (TPSA) is 62.7 Å². The van der Waals surface area contributed by atoms with Gasteiger partial charge in [0.15, 0.2) is 11.8 Å². The number of pyridine rings is 1. The van der Waals surface area contributed by atoms with Gasteiger partial charge in [0.2, 0.25) is 0 Å². The Hall–Kier alpha value is -4.50. The van der Waals surface area contributed by atoms with Crippen LogP contribution >= 0.6 is 0 Å². The van der Waals surface area contributed by atoms with E-state index in [9.17, 15) is 22.8 Å². The summed E-state index contributed by atoms with van der Waals surface area (Å²) in [6, 6.07) is 24.6. The number of Topliss-reactive ketones (excluding diaryl/α,β-unsaturated/α-hetero) is 1. The second kappa shape index (κ2) is 13.2. The summed E-state index contributed by atoms with van der Waals surface area (Å²) < 4.78 is 44.4. The van der Waals surface area contributed by atoms with Crippen molar-refractivity contribution >= 4 is 17.4 Å². The molecular formula is C34H32F3N3O3. The normalized spacial score (nSPS) is 14.7. The largest absolute Gasteiger partial charge is 0.465 e. The van der Waals surface area contributed by atoms with Crippen LogP contribution in [0, 0.1) is 0 Å². The first-order chi connectivity index (χ1) is 20.7. The van der Waals surface area contributed by atoms with E-state index in [2.05, 4.69) is 14.8 Å². The van der Waals surface area contributed by atoms with Gasteiger partial charge in [0, 0.05) is 50.0 Å². The number of hydrogen-bond donors (Lipinski definition) is 0. The van der Waals surface area contributed by atoms with Gasteiger partial charge in [-0.25, -0.2) is 4.79 Å². The lowest BCUT2D eigenvalue weighted by molar-refractivity contribution is -0.150. The molecule has 0 amide bonds. The maximum absolute atomic E-state index is 13.3. The lowest BCUT2D eigenvalue weighted by Crippen LogP contribution is -2.49. The molecule has 43 heavy (non-hydrogen) atoms. The number of aromatic nitrogens is 1. The maximum atomic E-state index is 13.3. The van der Waals surface area contributed by atoms with E-state index in [1.807, 2.05) is 42.5 Å². The fourth-order valence-corrected chi connectivity index (χ4v) is 5.38. The lowest BCUT2D eigenvalue weighted by Gasteiger charge is -2.39. The Kier molecular flexibility index (Phi) is 9.21. The summed E-state index contributed by atoms with van der Waals surface area (Å²) in [7, 11) is 0. The van der Waals surface area contributed by atoms with Crippen molar-refractivity contribution in [3.63, 3.8) is 0 Å². The summed E-state index contributed by atoms with van der Waals surface area (Å²) in [5, 5.41) is 0. The van der Waals surface area contributed by atoms with Gasteiger partial charge in [-0.1, -0.05) is 54.6 Å². The first-order valence-electron chi connectivity index (χ1n) is 14.2. The van der Waals surface area contributed by atoms with Crippen LogP contribution in [0.4, 0.5) is 18.9 Å². The predicted octanol–water partition coefficient (Wildman–Crippen LogP) is 6.62.